The van der Waals surface area contributed by atoms with Gasteiger partial charge in [-0.2, -0.15) is 0 Å². The topological polar surface area (TPSA) is 285 Å². The fourth-order valence-corrected chi connectivity index (χ4v) is 10.6. The quantitative estimate of drug-likeness (QED) is 0.0451. The summed E-state index contributed by atoms with van der Waals surface area (Å²) in [5, 5.41) is 40.2. The molecule has 0 atom stereocenters. The van der Waals surface area contributed by atoms with Gasteiger partial charge in [0, 0.05) is 38.3 Å². The highest BCUT2D eigenvalue weighted by atomic mass is 79.9. The van der Waals surface area contributed by atoms with E-state index < -0.39 is 41.7 Å². The van der Waals surface area contributed by atoms with E-state index in [4.69, 9.17) is 90.0 Å². The third kappa shape index (κ3) is 15.5. The predicted octanol–water partition coefficient (Wildman–Crippen LogP) is 15.5. The average molecular weight is 1270 g/mol. The Morgan fingerprint density at radius 1 is 0.474 bits per heavy atom. The summed E-state index contributed by atoms with van der Waals surface area (Å²) in [5.74, 6) is 2.17. The number of benzene rings is 9. The van der Waals surface area contributed by atoms with Crippen LogP contribution in [0.1, 0.15) is 11.1 Å². The Hall–Kier alpha value is -5.75. The fraction of sp³-hybridized carbons (Fsp3) is 0.0943. The highest BCUT2D eigenvalue weighted by Gasteiger charge is 2.20. The number of aryl methyl sites for hydroxylation is 2. The molecule has 0 spiro atoms. The third-order valence-electron chi connectivity index (χ3n) is 11.3. The first-order valence-electron chi connectivity index (χ1n) is 22.7. The summed E-state index contributed by atoms with van der Waals surface area (Å²) in [6, 6.07) is 39.3. The van der Waals surface area contributed by atoms with Gasteiger partial charge in [-0.15, -0.1) is 0 Å². The first kappa shape index (κ1) is 59.9. The molecule has 78 heavy (non-hydrogen) atoms. The van der Waals surface area contributed by atoms with Crippen molar-refractivity contribution in [3.05, 3.63) is 175 Å². The van der Waals surface area contributed by atoms with Crippen molar-refractivity contribution in [1.29, 1.82) is 0 Å². The van der Waals surface area contributed by atoms with Crippen LogP contribution in [0.3, 0.4) is 0 Å². The summed E-state index contributed by atoms with van der Waals surface area (Å²) >= 11 is 28.3. The van der Waals surface area contributed by atoms with E-state index in [1.54, 1.807) is 66.7 Å². The maximum Gasteiger partial charge on any atom is 0.362 e. The maximum absolute atomic E-state index is 11.0. The van der Waals surface area contributed by atoms with Crippen molar-refractivity contribution in [2.24, 2.45) is 0 Å². The van der Waals surface area contributed by atoms with Gasteiger partial charge in [0.2, 0.25) is 0 Å². The Balaban J connectivity index is 0.000000170. The minimum Gasteiger partial charge on any atom is -0.507 e. The Bertz CT molecular complexity index is 3650. The van der Waals surface area contributed by atoms with Crippen molar-refractivity contribution in [1.82, 2.24) is 0 Å². The zero-order valence-electron chi connectivity index (χ0n) is 40.6. The van der Waals surface area contributed by atoms with Crippen molar-refractivity contribution < 1.29 is 72.6 Å². The molecule has 0 heterocycles. The molecule has 408 valence electrons. The first-order valence-corrected chi connectivity index (χ1v) is 30.4. The molecule has 9 rings (SSSR count). The van der Waals surface area contributed by atoms with Crippen molar-refractivity contribution >= 4 is 129 Å². The number of phenolic OH excluding ortho intramolecular Hbond substituents is 3. The van der Waals surface area contributed by atoms with E-state index >= 15 is 0 Å². The lowest BCUT2D eigenvalue weighted by molar-refractivity contribution is 0.300. The largest absolute Gasteiger partial charge is 0.507 e. The van der Waals surface area contributed by atoms with Crippen LogP contribution in [0, 0.1) is 13.8 Å². The van der Waals surface area contributed by atoms with Crippen molar-refractivity contribution in [3.8, 4) is 57.1 Å². The van der Waals surface area contributed by atoms with E-state index in [0.717, 1.165) is 33.0 Å². The molecule has 11 N–H and O–H groups in total. The van der Waals surface area contributed by atoms with Gasteiger partial charge >= 0.3 is 22.8 Å². The highest BCUT2D eigenvalue weighted by molar-refractivity contribution is 9.10. The third-order valence-corrected chi connectivity index (χ3v) is 14.8. The molecule has 0 saturated heterocycles. The minimum atomic E-state index is -4.23. The molecule has 0 aliphatic heterocycles. The lowest BCUT2D eigenvalue weighted by Gasteiger charge is -2.16. The summed E-state index contributed by atoms with van der Waals surface area (Å²) < 4.78 is 50.5. The fourth-order valence-electron chi connectivity index (χ4n) is 7.93. The summed E-state index contributed by atoms with van der Waals surface area (Å²) in [4.78, 5) is 53.7. The van der Waals surface area contributed by atoms with Crippen molar-refractivity contribution in [2.45, 2.75) is 13.8 Å². The molecule has 9 aromatic carbocycles. The molecule has 0 fully saturated rings. The molecule has 0 saturated carbocycles. The second kappa shape index (κ2) is 25.1. The molecule has 25 heteroatoms. The SMILES string of the molecule is Cc1cc(OCP(=O)(O)O)cc(C)c1-c1cccc2c(Br)c(O)ccc12.O=P(O)(O)CNc1cc(Cl)c(Oc2ccc(O)c3ccccc23)c(Cl)c1.O=P(O)(O)CNc1cc(Cl)c(Oc2ccc(O)c3ccccc23)c(Cl)c1. The molecular formula is C53H46BrCl4N2O15P3. The number of hydrogen-bond acceptors (Lipinski definition) is 11. The lowest BCUT2D eigenvalue weighted by atomic mass is 9.91. The number of phenols is 3. The number of aromatic hydroxyl groups is 3. The van der Waals surface area contributed by atoms with Gasteiger partial charge in [0.1, 0.15) is 47.1 Å². The van der Waals surface area contributed by atoms with Crippen LogP contribution in [-0.4, -0.2) is 63.6 Å². The number of hydrogen-bond donors (Lipinski definition) is 11. The number of nitrogens with one attached hydrogen (secondary N) is 2. The normalized spacial score (nSPS) is 11.6. The predicted molar refractivity (Wildman–Crippen MR) is 311 cm³/mol. The molecular weight excluding hydrogens is 1220 g/mol. The van der Waals surface area contributed by atoms with Gasteiger partial charge in [0.25, 0.3) is 0 Å². The van der Waals surface area contributed by atoms with Gasteiger partial charge in [-0.1, -0.05) is 119 Å². The first-order chi connectivity index (χ1) is 36.7. The molecule has 0 aromatic heterocycles. The smallest absolute Gasteiger partial charge is 0.362 e. The van der Waals surface area contributed by atoms with E-state index in [2.05, 4.69) is 26.6 Å². The van der Waals surface area contributed by atoms with Crippen LogP contribution >= 0.6 is 85.1 Å². The van der Waals surface area contributed by atoms with E-state index in [0.29, 0.717) is 54.6 Å². The van der Waals surface area contributed by atoms with Crippen molar-refractivity contribution in [3.63, 3.8) is 0 Å². The number of anilines is 2. The molecule has 0 amide bonds. The monoisotopic (exact) mass is 1260 g/mol. The molecule has 0 radical (unpaired) electrons. The van der Waals surface area contributed by atoms with Crippen LogP contribution in [0.5, 0.6) is 46.0 Å². The summed E-state index contributed by atoms with van der Waals surface area (Å²) in [5.41, 5.74) is 4.61. The number of fused-ring (bicyclic) bond motifs is 3. The van der Waals surface area contributed by atoms with Crippen LogP contribution in [0.25, 0.3) is 43.4 Å². The molecule has 0 aliphatic rings. The summed E-state index contributed by atoms with van der Waals surface area (Å²) in [6.45, 7) is 3.86. The number of ether oxygens (including phenoxy) is 3. The van der Waals surface area contributed by atoms with Crippen molar-refractivity contribution in [2.75, 3.05) is 29.6 Å². The Labute approximate surface area is 474 Å². The Morgan fingerprint density at radius 3 is 1.28 bits per heavy atom. The Kier molecular flexibility index (Phi) is 19.3. The highest BCUT2D eigenvalue weighted by Crippen LogP contribution is 2.46. The van der Waals surface area contributed by atoms with Gasteiger partial charge in [0.05, 0.1) is 24.6 Å². The minimum absolute atomic E-state index is 0.127. The van der Waals surface area contributed by atoms with E-state index in [9.17, 15) is 29.0 Å². The van der Waals surface area contributed by atoms with Crippen LogP contribution in [0.4, 0.5) is 11.4 Å². The molecule has 9 aromatic rings. The van der Waals surface area contributed by atoms with E-state index in [1.807, 2.05) is 50.2 Å². The van der Waals surface area contributed by atoms with E-state index in [1.165, 1.54) is 36.4 Å². The summed E-state index contributed by atoms with van der Waals surface area (Å²) in [7, 11) is -12.7. The summed E-state index contributed by atoms with van der Waals surface area (Å²) in [6.07, 6.45) is -1.73. The van der Waals surface area contributed by atoms with Gasteiger partial charge in [-0.25, -0.2) is 0 Å². The Morgan fingerprint density at radius 2 is 0.872 bits per heavy atom. The average Bonchev–Trinajstić information content (AvgIpc) is 3.48. The van der Waals surface area contributed by atoms with Gasteiger partial charge in [-0.05, 0) is 124 Å². The van der Waals surface area contributed by atoms with Crippen LogP contribution in [-0.2, 0) is 13.7 Å². The number of rotatable bonds is 14. The molecule has 0 unspecified atom stereocenters. The lowest BCUT2D eigenvalue weighted by Crippen LogP contribution is -2.02. The second-order valence-corrected chi connectivity index (χ2v) is 24.5. The molecule has 0 bridgehead atoms. The molecule has 0 aliphatic carbocycles. The zero-order valence-corrected chi connectivity index (χ0v) is 47.9. The van der Waals surface area contributed by atoms with Crippen LogP contribution in [0.2, 0.25) is 20.1 Å². The van der Waals surface area contributed by atoms with Gasteiger partial charge < -0.3 is 69.5 Å². The maximum atomic E-state index is 11.0. The second-order valence-electron chi connectivity index (χ2n) is 17.2. The zero-order chi connectivity index (χ0) is 56.9. The van der Waals surface area contributed by atoms with Gasteiger partial charge in [-0.3, -0.25) is 13.7 Å². The van der Waals surface area contributed by atoms with E-state index in [-0.39, 0.29) is 48.8 Å². The van der Waals surface area contributed by atoms with Crippen LogP contribution < -0.4 is 24.8 Å². The standard InChI is InChI=1S/C19H18BrO5P.2C17H14Cl2NO5P/c1-11-8-13(25-10-26(22,23)24)9-12(2)18(11)15-4-3-5-16-14(15)6-7-17(21)19(16)20;2*18-13-7-10(20-9-26(22,23)24)8-14(19)17(13)25-16-6-5-15(21)11-3-1-2-4-12(11)16/h3-9,21H,10H2,1-2H3,(H2,22,23,24);2*1-8,20-21H,9H2,(H2,22,23,24). The van der Waals surface area contributed by atoms with Crippen LogP contribution in [0.15, 0.2) is 144 Å². The van der Waals surface area contributed by atoms with Gasteiger partial charge in [0.15, 0.2) is 17.8 Å². The number of halogens is 5. The molecule has 17 nitrogen and oxygen atoms in total.